The van der Waals surface area contributed by atoms with Gasteiger partial charge in [0.15, 0.2) is 0 Å². The number of carbonyl (C=O) groups excluding carboxylic acids is 2. The van der Waals surface area contributed by atoms with Crippen molar-refractivity contribution in [2.75, 3.05) is 6.79 Å². The minimum absolute atomic E-state index is 0.0604. The van der Waals surface area contributed by atoms with Gasteiger partial charge in [0.05, 0.1) is 0 Å². The minimum atomic E-state index is -0.192. The van der Waals surface area contributed by atoms with Crippen LogP contribution < -0.4 is 17.0 Å². The Kier molecular flexibility index (Phi) is 9.44. The highest BCUT2D eigenvalue weighted by molar-refractivity contribution is 6.30. The summed E-state index contributed by atoms with van der Waals surface area (Å²) in [5, 5.41) is 0.692. The van der Waals surface area contributed by atoms with Crippen molar-refractivity contribution in [2.45, 2.75) is 12.2 Å². The number of primary amides is 2. The Labute approximate surface area is 184 Å². The first kappa shape index (κ1) is 23.8. The van der Waals surface area contributed by atoms with Gasteiger partial charge in [0, 0.05) is 23.0 Å². The fourth-order valence-corrected chi connectivity index (χ4v) is 3.15. The number of benzene rings is 2. The van der Waals surface area contributed by atoms with Crippen molar-refractivity contribution in [3.63, 3.8) is 0 Å². The van der Waals surface area contributed by atoms with Crippen LogP contribution in [0, 0.1) is 0 Å². The van der Waals surface area contributed by atoms with E-state index in [9.17, 15) is 4.79 Å². The summed E-state index contributed by atoms with van der Waals surface area (Å²) >= 11 is 5.96. The number of nitrogens with zero attached hydrogens (tertiary/aromatic N) is 1. The normalized spacial score (nSPS) is 16.8. The number of amides is 2. The summed E-state index contributed by atoms with van der Waals surface area (Å²) in [6.07, 6.45) is 1.88. The molecule has 2 amide bonds. The molecule has 1 aliphatic rings. The van der Waals surface area contributed by atoms with Gasteiger partial charge in [0.25, 0.3) is 5.56 Å². The number of rotatable bonds is 3. The molecule has 2 heterocycles. The van der Waals surface area contributed by atoms with E-state index in [0.717, 1.165) is 16.8 Å². The SMILES string of the molecule is NC=O.NC=O.O=c1ccccn1-c1ccc(C2OCOC2c2ccc(Cl)cc2)cc1. The Hall–Kier alpha value is -3.46. The van der Waals surface area contributed by atoms with E-state index in [4.69, 9.17) is 30.7 Å². The van der Waals surface area contributed by atoms with Crippen LogP contribution in [0.3, 0.4) is 0 Å². The predicted molar refractivity (Wildman–Crippen MR) is 117 cm³/mol. The second kappa shape index (κ2) is 12.3. The van der Waals surface area contributed by atoms with Crippen molar-refractivity contribution >= 4 is 24.4 Å². The number of halogens is 1. The molecule has 4 N–H and O–H groups in total. The van der Waals surface area contributed by atoms with Crippen molar-refractivity contribution in [3.8, 4) is 5.69 Å². The summed E-state index contributed by atoms with van der Waals surface area (Å²) in [5.41, 5.74) is 11.1. The van der Waals surface area contributed by atoms with Gasteiger partial charge >= 0.3 is 0 Å². The summed E-state index contributed by atoms with van der Waals surface area (Å²) < 4.78 is 13.1. The maximum absolute atomic E-state index is 11.9. The number of ether oxygens (including phenoxy) is 2. The van der Waals surface area contributed by atoms with E-state index in [1.165, 1.54) is 0 Å². The van der Waals surface area contributed by atoms with E-state index in [1.807, 2.05) is 54.6 Å². The molecule has 8 nitrogen and oxygen atoms in total. The number of nitrogens with two attached hydrogens (primary N) is 2. The molecule has 3 aromatic rings. The molecule has 9 heteroatoms. The second-order valence-corrected chi connectivity index (χ2v) is 6.55. The monoisotopic (exact) mass is 443 g/mol. The average molecular weight is 444 g/mol. The lowest BCUT2D eigenvalue weighted by atomic mass is 9.98. The molecule has 1 aromatic heterocycles. The largest absolute Gasteiger partial charge is 0.372 e. The van der Waals surface area contributed by atoms with Gasteiger partial charge in [-0.25, -0.2) is 0 Å². The Bertz CT molecular complexity index is 1020. The van der Waals surface area contributed by atoms with E-state index in [-0.39, 0.29) is 37.4 Å². The third-order valence-corrected chi connectivity index (χ3v) is 4.54. The van der Waals surface area contributed by atoms with E-state index in [0.29, 0.717) is 5.02 Å². The van der Waals surface area contributed by atoms with Crippen LogP contribution in [0.15, 0.2) is 77.7 Å². The molecule has 2 unspecified atom stereocenters. The first-order chi connectivity index (χ1) is 15.0. The molecule has 2 atom stereocenters. The molecule has 0 spiro atoms. The van der Waals surface area contributed by atoms with Crippen molar-refractivity contribution in [1.29, 1.82) is 0 Å². The van der Waals surface area contributed by atoms with Gasteiger partial charge < -0.3 is 20.9 Å². The first-order valence-electron chi connectivity index (χ1n) is 9.13. The summed E-state index contributed by atoms with van der Waals surface area (Å²) in [7, 11) is 0. The van der Waals surface area contributed by atoms with Gasteiger partial charge in [-0.15, -0.1) is 0 Å². The minimum Gasteiger partial charge on any atom is -0.372 e. The van der Waals surface area contributed by atoms with E-state index >= 15 is 0 Å². The molecule has 31 heavy (non-hydrogen) atoms. The lowest BCUT2D eigenvalue weighted by Gasteiger charge is -2.18. The maximum atomic E-state index is 11.9. The number of carbonyl (C=O) groups is 2. The summed E-state index contributed by atoms with van der Waals surface area (Å²) in [4.78, 5) is 29.1. The highest BCUT2D eigenvalue weighted by Gasteiger charge is 2.32. The molecule has 0 saturated carbocycles. The molecule has 1 fully saturated rings. The number of aromatic nitrogens is 1. The van der Waals surface area contributed by atoms with Gasteiger partial charge in [-0.3, -0.25) is 19.0 Å². The zero-order valence-corrected chi connectivity index (χ0v) is 17.2. The zero-order chi connectivity index (χ0) is 22.6. The molecule has 0 aliphatic carbocycles. The van der Waals surface area contributed by atoms with Crippen LogP contribution in [0.5, 0.6) is 0 Å². The Balaban J connectivity index is 0.000000513. The molecule has 0 radical (unpaired) electrons. The lowest BCUT2D eigenvalue weighted by Crippen LogP contribution is -2.15. The first-order valence-corrected chi connectivity index (χ1v) is 9.51. The van der Waals surface area contributed by atoms with Crippen LogP contribution in [0.2, 0.25) is 5.02 Å². The molecule has 1 aliphatic heterocycles. The van der Waals surface area contributed by atoms with Gasteiger partial charge in [-0.2, -0.15) is 0 Å². The summed E-state index contributed by atoms with van der Waals surface area (Å²) in [6, 6.07) is 20.5. The van der Waals surface area contributed by atoms with Crippen molar-refractivity contribution < 1.29 is 19.1 Å². The fourth-order valence-electron chi connectivity index (χ4n) is 3.02. The Morgan fingerprint density at radius 1 is 0.839 bits per heavy atom. The number of hydrogen-bond donors (Lipinski definition) is 2. The molecular formula is C22H22ClN3O5. The van der Waals surface area contributed by atoms with Gasteiger partial charge in [-0.05, 0) is 41.5 Å². The average Bonchev–Trinajstić information content (AvgIpc) is 3.26. The summed E-state index contributed by atoms with van der Waals surface area (Å²) in [5.74, 6) is 0. The number of hydrogen-bond acceptors (Lipinski definition) is 5. The predicted octanol–water partition coefficient (Wildman–Crippen LogP) is 2.48. The van der Waals surface area contributed by atoms with Crippen molar-refractivity contribution in [1.82, 2.24) is 4.57 Å². The van der Waals surface area contributed by atoms with Crippen LogP contribution in [0.4, 0.5) is 0 Å². The van der Waals surface area contributed by atoms with Crippen LogP contribution in [-0.2, 0) is 19.1 Å². The Morgan fingerprint density at radius 2 is 1.32 bits per heavy atom. The van der Waals surface area contributed by atoms with E-state index in [1.54, 1.807) is 22.9 Å². The molecule has 4 rings (SSSR count). The maximum Gasteiger partial charge on any atom is 0.255 e. The molecular weight excluding hydrogens is 422 g/mol. The molecule has 162 valence electrons. The Morgan fingerprint density at radius 3 is 1.81 bits per heavy atom. The smallest absolute Gasteiger partial charge is 0.255 e. The standard InChI is InChI=1S/C20H16ClNO3.2CH3NO/c21-16-8-4-14(5-9-16)19-20(25-13-24-19)15-6-10-17(11-7-15)22-12-2-1-3-18(22)23;2*2-1-3/h1-12,19-20H,13H2;2*1H,(H2,2,3). The highest BCUT2D eigenvalue weighted by atomic mass is 35.5. The highest BCUT2D eigenvalue weighted by Crippen LogP contribution is 2.40. The topological polar surface area (TPSA) is 127 Å². The van der Waals surface area contributed by atoms with Gasteiger partial charge in [0.2, 0.25) is 12.8 Å². The van der Waals surface area contributed by atoms with Gasteiger partial charge in [0.1, 0.15) is 19.0 Å². The van der Waals surface area contributed by atoms with E-state index < -0.39 is 0 Å². The van der Waals surface area contributed by atoms with Crippen LogP contribution in [0.1, 0.15) is 23.3 Å². The fraction of sp³-hybridized carbons (Fsp3) is 0.136. The second-order valence-electron chi connectivity index (χ2n) is 6.12. The van der Waals surface area contributed by atoms with Crippen LogP contribution in [0.25, 0.3) is 5.69 Å². The van der Waals surface area contributed by atoms with Crippen molar-refractivity contribution in [3.05, 3.63) is 99.4 Å². The van der Waals surface area contributed by atoms with Crippen molar-refractivity contribution in [2.24, 2.45) is 11.5 Å². The molecule has 0 bridgehead atoms. The van der Waals surface area contributed by atoms with Gasteiger partial charge in [-0.1, -0.05) is 41.9 Å². The molecule has 2 aromatic carbocycles. The third kappa shape index (κ3) is 6.51. The third-order valence-electron chi connectivity index (χ3n) is 4.29. The molecule has 1 saturated heterocycles. The quantitative estimate of drug-likeness (QED) is 0.601. The lowest BCUT2D eigenvalue weighted by molar-refractivity contribution is -0.107. The van der Waals surface area contributed by atoms with Crippen LogP contribution in [-0.4, -0.2) is 24.2 Å². The number of pyridine rings is 1. The zero-order valence-electron chi connectivity index (χ0n) is 16.5. The summed E-state index contributed by atoms with van der Waals surface area (Å²) in [6.45, 7) is 0.248. The van der Waals surface area contributed by atoms with E-state index in [2.05, 4.69) is 11.5 Å². The van der Waals surface area contributed by atoms with Crippen LogP contribution >= 0.6 is 11.6 Å².